The van der Waals surface area contributed by atoms with Crippen LogP contribution in [0.1, 0.15) is 29.8 Å². The average molecular weight is 395 g/mol. The molecule has 0 fully saturated rings. The van der Waals surface area contributed by atoms with Crippen LogP contribution in [0.2, 0.25) is 0 Å². The predicted octanol–water partition coefficient (Wildman–Crippen LogP) is 1.36. The van der Waals surface area contributed by atoms with E-state index in [1.807, 2.05) is 0 Å². The number of carbonyl (C=O) groups is 3. The number of benzene rings is 2. The Morgan fingerprint density at radius 1 is 1.00 bits per heavy atom. The Bertz CT molecular complexity index is 889. The van der Waals surface area contributed by atoms with E-state index in [1.165, 1.54) is 13.2 Å². The van der Waals surface area contributed by atoms with Gasteiger partial charge in [-0.2, -0.15) is 0 Å². The first-order chi connectivity index (χ1) is 13.8. The van der Waals surface area contributed by atoms with Gasteiger partial charge in [-0.25, -0.2) is 0 Å². The molecule has 0 aromatic heterocycles. The van der Waals surface area contributed by atoms with Crippen LogP contribution in [0, 0.1) is 5.92 Å². The molecule has 7 heteroatoms. The Morgan fingerprint density at radius 3 is 2.14 bits per heavy atom. The van der Waals surface area contributed by atoms with Gasteiger partial charge in [-0.15, -0.1) is 0 Å². The van der Waals surface area contributed by atoms with E-state index >= 15 is 0 Å². The molecule has 29 heavy (non-hydrogen) atoms. The lowest BCUT2D eigenvalue weighted by Gasteiger charge is -2.24. The lowest BCUT2D eigenvalue weighted by Crippen LogP contribution is -2.52. The SMILES string of the molecule is COc1ccc(/C=C(/NC(=O)c2ccccc2)C(=O)N[C@H](C(=O)[O-])C(C)C)cc1. The molecule has 2 aromatic rings. The molecule has 7 nitrogen and oxygen atoms in total. The summed E-state index contributed by atoms with van der Waals surface area (Å²) in [4.78, 5) is 36.6. The van der Waals surface area contributed by atoms with E-state index < -0.39 is 29.7 Å². The van der Waals surface area contributed by atoms with Crippen molar-refractivity contribution >= 4 is 23.9 Å². The molecule has 0 aliphatic carbocycles. The van der Waals surface area contributed by atoms with Gasteiger partial charge in [0.1, 0.15) is 11.4 Å². The van der Waals surface area contributed by atoms with Crippen LogP contribution < -0.4 is 20.5 Å². The number of rotatable bonds is 8. The minimum atomic E-state index is -1.40. The molecule has 2 N–H and O–H groups in total. The second kappa shape index (κ2) is 10.1. The summed E-state index contributed by atoms with van der Waals surface area (Å²) < 4.78 is 5.11. The molecule has 0 aliphatic rings. The number of amides is 2. The highest BCUT2D eigenvalue weighted by atomic mass is 16.5. The molecule has 0 saturated carbocycles. The molecule has 0 unspecified atom stereocenters. The second-order valence-electron chi connectivity index (χ2n) is 6.67. The van der Waals surface area contributed by atoms with Crippen LogP contribution in [0.4, 0.5) is 0 Å². The lowest BCUT2D eigenvalue weighted by atomic mass is 10.0. The molecule has 0 aliphatic heterocycles. The summed E-state index contributed by atoms with van der Waals surface area (Å²) in [5, 5.41) is 16.3. The van der Waals surface area contributed by atoms with Gasteiger partial charge in [0.25, 0.3) is 11.8 Å². The van der Waals surface area contributed by atoms with Gasteiger partial charge in [0.05, 0.1) is 19.1 Å². The van der Waals surface area contributed by atoms with Crippen LogP contribution in [0.15, 0.2) is 60.3 Å². The van der Waals surface area contributed by atoms with Crippen LogP contribution in [-0.4, -0.2) is 30.9 Å². The molecule has 2 aromatic carbocycles. The summed E-state index contributed by atoms with van der Waals surface area (Å²) in [6.07, 6.45) is 1.46. The van der Waals surface area contributed by atoms with E-state index in [-0.39, 0.29) is 5.70 Å². The average Bonchev–Trinajstić information content (AvgIpc) is 2.71. The van der Waals surface area contributed by atoms with Gasteiger partial charge in [0.2, 0.25) is 0 Å². The fourth-order valence-corrected chi connectivity index (χ4v) is 2.53. The van der Waals surface area contributed by atoms with E-state index in [2.05, 4.69) is 10.6 Å². The van der Waals surface area contributed by atoms with Crippen molar-refractivity contribution in [3.63, 3.8) is 0 Å². The highest BCUT2D eigenvalue weighted by Gasteiger charge is 2.21. The number of hydrogen-bond donors (Lipinski definition) is 2. The van der Waals surface area contributed by atoms with Crippen molar-refractivity contribution < 1.29 is 24.2 Å². The minimum Gasteiger partial charge on any atom is -0.548 e. The molecule has 0 saturated heterocycles. The fourth-order valence-electron chi connectivity index (χ4n) is 2.53. The highest BCUT2D eigenvalue weighted by molar-refractivity contribution is 6.06. The van der Waals surface area contributed by atoms with Crippen molar-refractivity contribution in [2.24, 2.45) is 5.92 Å². The molecule has 0 heterocycles. The third-order valence-corrected chi connectivity index (χ3v) is 4.16. The maximum Gasteiger partial charge on any atom is 0.268 e. The van der Waals surface area contributed by atoms with Gasteiger partial charge >= 0.3 is 0 Å². The molecule has 2 rings (SSSR count). The Balaban J connectivity index is 2.33. The summed E-state index contributed by atoms with van der Waals surface area (Å²) in [7, 11) is 1.54. The van der Waals surface area contributed by atoms with Crippen LogP contribution in [0.25, 0.3) is 6.08 Å². The van der Waals surface area contributed by atoms with Crippen LogP contribution in [0.3, 0.4) is 0 Å². The van der Waals surface area contributed by atoms with Crippen molar-refractivity contribution in [2.75, 3.05) is 7.11 Å². The van der Waals surface area contributed by atoms with E-state index in [0.717, 1.165) is 0 Å². The molecule has 2 amide bonds. The zero-order valence-electron chi connectivity index (χ0n) is 16.5. The normalized spacial score (nSPS) is 12.2. The van der Waals surface area contributed by atoms with Gasteiger partial charge in [-0.3, -0.25) is 9.59 Å². The van der Waals surface area contributed by atoms with Crippen molar-refractivity contribution in [3.8, 4) is 5.75 Å². The minimum absolute atomic E-state index is 0.0871. The topological polar surface area (TPSA) is 108 Å². The van der Waals surface area contributed by atoms with Gasteiger partial charge in [-0.05, 0) is 41.8 Å². The van der Waals surface area contributed by atoms with Gasteiger partial charge in [0, 0.05) is 5.56 Å². The van der Waals surface area contributed by atoms with Crippen molar-refractivity contribution in [3.05, 3.63) is 71.4 Å². The number of carbonyl (C=O) groups excluding carboxylic acids is 3. The molecule has 1 atom stereocenters. The maximum absolute atomic E-state index is 12.7. The molecule has 0 radical (unpaired) electrons. The summed E-state index contributed by atoms with van der Waals surface area (Å²) in [6.45, 7) is 3.30. The number of methoxy groups -OCH3 is 1. The van der Waals surface area contributed by atoms with Crippen molar-refractivity contribution in [1.82, 2.24) is 10.6 Å². The zero-order chi connectivity index (χ0) is 21.4. The summed E-state index contributed by atoms with van der Waals surface area (Å²) in [5.41, 5.74) is 0.899. The highest BCUT2D eigenvalue weighted by Crippen LogP contribution is 2.14. The number of carboxylic acids is 1. The standard InChI is InChI=1S/C22H24N2O5/c1-14(2)19(22(27)28)24-21(26)18(13-15-9-11-17(29-3)12-10-15)23-20(25)16-7-5-4-6-8-16/h4-14,19H,1-3H3,(H,23,25)(H,24,26)(H,27,28)/p-1/b18-13+/t19-/m0/s1. The quantitative estimate of drug-likeness (QED) is 0.656. The number of carboxylic acid groups (broad SMARTS) is 1. The first kappa shape index (κ1) is 21.7. The zero-order valence-corrected chi connectivity index (χ0v) is 16.5. The fraction of sp³-hybridized carbons (Fsp3) is 0.227. The summed E-state index contributed by atoms with van der Waals surface area (Å²) in [6, 6.07) is 14.0. The third kappa shape index (κ3) is 6.21. The van der Waals surface area contributed by atoms with Crippen molar-refractivity contribution in [2.45, 2.75) is 19.9 Å². The Kier molecular flexibility index (Phi) is 7.54. The largest absolute Gasteiger partial charge is 0.548 e. The van der Waals surface area contributed by atoms with Gasteiger partial charge < -0.3 is 25.3 Å². The van der Waals surface area contributed by atoms with Crippen LogP contribution in [-0.2, 0) is 9.59 Å². The monoisotopic (exact) mass is 395 g/mol. The molecule has 152 valence electrons. The smallest absolute Gasteiger partial charge is 0.268 e. The van der Waals surface area contributed by atoms with E-state index in [4.69, 9.17) is 4.74 Å². The van der Waals surface area contributed by atoms with Gasteiger partial charge in [0.15, 0.2) is 0 Å². The Morgan fingerprint density at radius 2 is 1.62 bits per heavy atom. The first-order valence-electron chi connectivity index (χ1n) is 9.05. The number of hydrogen-bond acceptors (Lipinski definition) is 5. The molecular formula is C22H23N2O5-. The van der Waals surface area contributed by atoms with Crippen LogP contribution in [0.5, 0.6) is 5.75 Å². The van der Waals surface area contributed by atoms with E-state index in [9.17, 15) is 19.5 Å². The van der Waals surface area contributed by atoms with E-state index in [1.54, 1.807) is 68.4 Å². The molecular weight excluding hydrogens is 372 g/mol. The van der Waals surface area contributed by atoms with Gasteiger partial charge in [-0.1, -0.05) is 44.2 Å². The second-order valence-corrected chi connectivity index (χ2v) is 6.67. The third-order valence-electron chi connectivity index (χ3n) is 4.16. The maximum atomic E-state index is 12.7. The van der Waals surface area contributed by atoms with E-state index in [0.29, 0.717) is 16.9 Å². The molecule has 0 spiro atoms. The number of ether oxygens (including phenoxy) is 1. The number of nitrogens with one attached hydrogen (secondary N) is 2. The Labute approximate surface area is 169 Å². The van der Waals surface area contributed by atoms with Crippen LogP contribution >= 0.6 is 0 Å². The summed E-state index contributed by atoms with van der Waals surface area (Å²) >= 11 is 0. The first-order valence-corrected chi connectivity index (χ1v) is 9.05. The predicted molar refractivity (Wildman–Crippen MR) is 107 cm³/mol. The Hall–Kier alpha value is -3.61. The number of aliphatic carboxylic acids is 1. The summed E-state index contributed by atoms with van der Waals surface area (Å²) in [5.74, 6) is -2.37. The molecule has 0 bridgehead atoms. The lowest BCUT2D eigenvalue weighted by molar-refractivity contribution is -0.309. The van der Waals surface area contributed by atoms with Crippen molar-refractivity contribution in [1.29, 1.82) is 0 Å².